The maximum Gasteiger partial charge on any atom is 0.380 e. The van der Waals surface area contributed by atoms with Gasteiger partial charge in [0.25, 0.3) is 0 Å². The van der Waals surface area contributed by atoms with Gasteiger partial charge in [-0.3, -0.25) is 0 Å². The molecular formula is C11H10Cl2F2O3. The van der Waals surface area contributed by atoms with Gasteiger partial charge in [0.05, 0.1) is 6.61 Å². The van der Waals surface area contributed by atoms with Crippen molar-refractivity contribution in [2.24, 2.45) is 0 Å². The molecule has 18 heavy (non-hydrogen) atoms. The van der Waals surface area contributed by atoms with E-state index in [1.165, 1.54) is 19.1 Å². The minimum atomic E-state index is -4.08. The first kappa shape index (κ1) is 15.1. The van der Waals surface area contributed by atoms with Crippen LogP contribution in [0.25, 0.3) is 0 Å². The monoisotopic (exact) mass is 298 g/mol. The molecule has 0 radical (unpaired) electrons. The smallest absolute Gasteiger partial charge is 0.380 e. The van der Waals surface area contributed by atoms with Crippen LogP contribution in [0.3, 0.4) is 0 Å². The summed E-state index contributed by atoms with van der Waals surface area (Å²) in [6.45, 7) is 1.17. The topological polar surface area (TPSA) is 46.5 Å². The highest BCUT2D eigenvalue weighted by Gasteiger charge is 2.49. The summed E-state index contributed by atoms with van der Waals surface area (Å²) in [5, 5.41) is 9.62. The van der Waals surface area contributed by atoms with E-state index in [1.807, 2.05) is 0 Å². The van der Waals surface area contributed by atoms with Crippen molar-refractivity contribution in [2.45, 2.75) is 19.0 Å². The number of aliphatic hydroxyl groups excluding tert-OH is 1. The second-order valence-electron chi connectivity index (χ2n) is 3.41. The van der Waals surface area contributed by atoms with Gasteiger partial charge in [-0.25, -0.2) is 4.79 Å². The summed E-state index contributed by atoms with van der Waals surface area (Å²) in [5.41, 5.74) is -0.292. The highest BCUT2D eigenvalue weighted by Crippen LogP contribution is 2.36. The van der Waals surface area contributed by atoms with E-state index in [2.05, 4.69) is 4.74 Å². The summed E-state index contributed by atoms with van der Waals surface area (Å²) in [7, 11) is 0. The number of halogens is 4. The van der Waals surface area contributed by atoms with Crippen LogP contribution in [0.5, 0.6) is 0 Å². The Balaban J connectivity index is 3.05. The van der Waals surface area contributed by atoms with Crippen LogP contribution in [-0.4, -0.2) is 23.6 Å². The van der Waals surface area contributed by atoms with Gasteiger partial charge < -0.3 is 9.84 Å². The fraction of sp³-hybridized carbons (Fsp3) is 0.364. The molecule has 1 atom stereocenters. The first-order valence-corrected chi connectivity index (χ1v) is 5.74. The van der Waals surface area contributed by atoms with E-state index in [0.29, 0.717) is 0 Å². The van der Waals surface area contributed by atoms with Gasteiger partial charge in [0.15, 0.2) is 6.10 Å². The molecule has 1 aromatic rings. The second kappa shape index (κ2) is 5.82. The third-order valence-corrected chi connectivity index (χ3v) is 2.71. The Morgan fingerprint density at radius 2 is 2.11 bits per heavy atom. The fourth-order valence-electron chi connectivity index (χ4n) is 1.26. The quantitative estimate of drug-likeness (QED) is 0.868. The summed E-state index contributed by atoms with van der Waals surface area (Å²) in [4.78, 5) is 11.1. The Morgan fingerprint density at radius 3 is 2.61 bits per heavy atom. The molecule has 1 unspecified atom stereocenters. The van der Waals surface area contributed by atoms with E-state index in [0.717, 1.165) is 6.07 Å². The van der Waals surface area contributed by atoms with Gasteiger partial charge in [-0.15, -0.1) is 0 Å². The standard InChI is InChI=1S/C11H10Cl2F2O3/c1-2-18-10(17)11(14,15)9(16)7-4-3-6(12)5-8(7)13/h3-5,9,16H,2H2,1H3. The minimum absolute atomic E-state index is 0.154. The minimum Gasteiger partial charge on any atom is -0.461 e. The maximum absolute atomic E-state index is 13.5. The SMILES string of the molecule is CCOC(=O)C(F)(F)C(O)c1ccc(Cl)cc1Cl. The highest BCUT2D eigenvalue weighted by atomic mass is 35.5. The average Bonchev–Trinajstić information content (AvgIpc) is 2.28. The van der Waals surface area contributed by atoms with Gasteiger partial charge in [-0.2, -0.15) is 8.78 Å². The molecule has 3 nitrogen and oxygen atoms in total. The molecule has 0 saturated heterocycles. The van der Waals surface area contributed by atoms with Crippen LogP contribution in [0.2, 0.25) is 10.0 Å². The Hall–Kier alpha value is -0.910. The fourth-order valence-corrected chi connectivity index (χ4v) is 1.77. The number of rotatable bonds is 4. The number of esters is 1. The van der Waals surface area contributed by atoms with Gasteiger partial charge in [0.2, 0.25) is 0 Å². The Morgan fingerprint density at radius 1 is 1.50 bits per heavy atom. The van der Waals surface area contributed by atoms with Crippen molar-refractivity contribution < 1.29 is 23.4 Å². The van der Waals surface area contributed by atoms with E-state index in [1.54, 1.807) is 0 Å². The summed E-state index contributed by atoms with van der Waals surface area (Å²) in [6.07, 6.45) is -2.39. The third kappa shape index (κ3) is 3.10. The molecule has 0 aliphatic carbocycles. The van der Waals surface area contributed by atoms with Crippen molar-refractivity contribution in [3.8, 4) is 0 Å². The molecule has 100 valence electrons. The Bertz CT molecular complexity index is 452. The zero-order valence-corrected chi connectivity index (χ0v) is 10.8. The van der Waals surface area contributed by atoms with E-state index >= 15 is 0 Å². The van der Waals surface area contributed by atoms with Crippen molar-refractivity contribution in [1.82, 2.24) is 0 Å². The van der Waals surface area contributed by atoms with E-state index in [9.17, 15) is 18.7 Å². The van der Waals surface area contributed by atoms with Crippen molar-refractivity contribution in [3.63, 3.8) is 0 Å². The molecule has 1 rings (SSSR count). The normalized spacial score (nSPS) is 13.2. The summed E-state index contributed by atoms with van der Waals surface area (Å²) >= 11 is 11.3. The molecule has 0 bridgehead atoms. The molecule has 1 N–H and O–H groups in total. The molecule has 0 aromatic heterocycles. The van der Waals surface area contributed by atoms with Crippen LogP contribution in [0.15, 0.2) is 18.2 Å². The molecule has 1 aromatic carbocycles. The maximum atomic E-state index is 13.5. The lowest BCUT2D eigenvalue weighted by Crippen LogP contribution is -2.37. The number of ether oxygens (including phenoxy) is 1. The molecule has 0 fully saturated rings. The first-order chi connectivity index (χ1) is 8.30. The Labute approximate surface area is 112 Å². The van der Waals surface area contributed by atoms with E-state index < -0.39 is 18.0 Å². The van der Waals surface area contributed by atoms with Crippen molar-refractivity contribution >= 4 is 29.2 Å². The number of hydrogen-bond acceptors (Lipinski definition) is 3. The van der Waals surface area contributed by atoms with Crippen LogP contribution >= 0.6 is 23.2 Å². The second-order valence-corrected chi connectivity index (χ2v) is 4.26. The van der Waals surface area contributed by atoms with E-state index in [4.69, 9.17) is 23.2 Å². The molecular weight excluding hydrogens is 289 g/mol. The van der Waals surface area contributed by atoms with Gasteiger partial charge in [-0.1, -0.05) is 29.3 Å². The summed E-state index contributed by atoms with van der Waals surface area (Å²) in [5.74, 6) is -5.88. The van der Waals surface area contributed by atoms with Crippen molar-refractivity contribution in [3.05, 3.63) is 33.8 Å². The van der Waals surface area contributed by atoms with Gasteiger partial charge in [-0.05, 0) is 19.1 Å². The van der Waals surface area contributed by atoms with Crippen LogP contribution in [-0.2, 0) is 9.53 Å². The molecule has 7 heteroatoms. The lowest BCUT2D eigenvalue weighted by molar-refractivity contribution is -0.189. The van der Waals surface area contributed by atoms with Gasteiger partial charge in [0.1, 0.15) is 0 Å². The number of alkyl halides is 2. The lowest BCUT2D eigenvalue weighted by atomic mass is 10.0. The Kier molecular flexibility index (Phi) is 4.90. The molecule has 0 aliphatic heterocycles. The number of benzene rings is 1. The number of carbonyl (C=O) groups is 1. The van der Waals surface area contributed by atoms with Crippen LogP contribution in [0, 0.1) is 0 Å². The van der Waals surface area contributed by atoms with Crippen molar-refractivity contribution in [1.29, 1.82) is 0 Å². The number of aliphatic hydroxyl groups is 1. The summed E-state index contributed by atoms with van der Waals surface area (Å²) in [6, 6.07) is 3.61. The highest BCUT2D eigenvalue weighted by molar-refractivity contribution is 6.35. The third-order valence-electron chi connectivity index (χ3n) is 2.15. The zero-order valence-electron chi connectivity index (χ0n) is 9.29. The average molecular weight is 299 g/mol. The number of carbonyl (C=O) groups excluding carboxylic acids is 1. The van der Waals surface area contributed by atoms with Crippen LogP contribution in [0.4, 0.5) is 8.78 Å². The molecule has 0 spiro atoms. The lowest BCUT2D eigenvalue weighted by Gasteiger charge is -2.21. The predicted octanol–water partition coefficient (Wildman–Crippen LogP) is 3.23. The van der Waals surface area contributed by atoms with Gasteiger partial charge in [0, 0.05) is 15.6 Å². The molecule has 0 heterocycles. The van der Waals surface area contributed by atoms with Gasteiger partial charge >= 0.3 is 11.9 Å². The summed E-state index contributed by atoms with van der Waals surface area (Å²) < 4.78 is 31.3. The molecule has 0 amide bonds. The number of hydrogen-bond donors (Lipinski definition) is 1. The van der Waals surface area contributed by atoms with Crippen molar-refractivity contribution in [2.75, 3.05) is 6.61 Å². The molecule has 0 saturated carbocycles. The predicted molar refractivity (Wildman–Crippen MR) is 63.0 cm³/mol. The first-order valence-electron chi connectivity index (χ1n) is 4.98. The van der Waals surface area contributed by atoms with Crippen LogP contribution < -0.4 is 0 Å². The largest absolute Gasteiger partial charge is 0.461 e. The molecule has 0 aliphatic rings. The van der Waals surface area contributed by atoms with E-state index in [-0.39, 0.29) is 22.2 Å². The zero-order chi connectivity index (χ0) is 13.9. The van der Waals surface area contributed by atoms with Crippen LogP contribution in [0.1, 0.15) is 18.6 Å².